The van der Waals surface area contributed by atoms with Gasteiger partial charge in [-0.2, -0.15) is 0 Å². The molecule has 0 N–H and O–H groups in total. The minimum atomic E-state index is -0.224. The number of rotatable bonds is 6. The Kier molecular flexibility index (Phi) is 6.03. The number of methoxy groups -OCH3 is 1. The van der Waals surface area contributed by atoms with Gasteiger partial charge in [-0.3, -0.25) is 9.59 Å². The smallest absolute Gasteiger partial charge is 0.305 e. The second-order valence-corrected chi connectivity index (χ2v) is 10.4. The Morgan fingerprint density at radius 3 is 2.73 bits per heavy atom. The summed E-state index contributed by atoms with van der Waals surface area (Å²) in [4.78, 5) is 24.9. The number of carbonyl (C=O) groups excluding carboxylic acids is 2. The van der Waals surface area contributed by atoms with Crippen molar-refractivity contribution in [2.45, 2.75) is 64.4 Å². The molecule has 2 fully saturated rings. The quantitative estimate of drug-likeness (QED) is 0.521. The van der Waals surface area contributed by atoms with E-state index in [1.165, 1.54) is 23.8 Å². The minimum Gasteiger partial charge on any atom is -0.489 e. The molecule has 4 nitrogen and oxygen atoms in total. The summed E-state index contributed by atoms with van der Waals surface area (Å²) >= 11 is 0. The number of esters is 1. The Bertz CT molecular complexity index is 1030. The lowest BCUT2D eigenvalue weighted by molar-refractivity contribution is -0.141. The molecule has 3 unspecified atom stereocenters. The molecule has 33 heavy (non-hydrogen) atoms. The molecule has 4 heteroatoms. The highest BCUT2D eigenvalue weighted by Gasteiger charge is 2.58. The molecule has 0 aliphatic heterocycles. The van der Waals surface area contributed by atoms with Gasteiger partial charge in [-0.25, -0.2) is 0 Å². The van der Waals surface area contributed by atoms with Gasteiger partial charge in [-0.1, -0.05) is 43.3 Å². The highest BCUT2D eigenvalue weighted by atomic mass is 16.5. The second kappa shape index (κ2) is 8.96. The van der Waals surface area contributed by atoms with Crippen LogP contribution >= 0.6 is 0 Å². The van der Waals surface area contributed by atoms with Crippen LogP contribution in [0, 0.1) is 23.2 Å². The van der Waals surface area contributed by atoms with Crippen molar-refractivity contribution in [1.82, 2.24) is 0 Å². The van der Waals surface area contributed by atoms with E-state index in [0.29, 0.717) is 48.9 Å². The number of carbonyl (C=O) groups is 2. The van der Waals surface area contributed by atoms with Crippen molar-refractivity contribution in [1.29, 1.82) is 0 Å². The lowest BCUT2D eigenvalue weighted by Crippen LogP contribution is -2.44. The summed E-state index contributed by atoms with van der Waals surface area (Å²) in [5.41, 5.74) is 3.80. The van der Waals surface area contributed by atoms with E-state index in [-0.39, 0.29) is 11.4 Å². The van der Waals surface area contributed by atoms with Crippen LogP contribution in [0.1, 0.15) is 68.1 Å². The van der Waals surface area contributed by atoms with Crippen molar-refractivity contribution >= 4 is 11.8 Å². The Hall–Kier alpha value is -2.62. The van der Waals surface area contributed by atoms with Crippen molar-refractivity contribution < 1.29 is 19.1 Å². The molecule has 0 aromatic heterocycles. The van der Waals surface area contributed by atoms with Gasteiger partial charge in [0.15, 0.2) is 0 Å². The van der Waals surface area contributed by atoms with E-state index in [2.05, 4.69) is 37.3 Å². The third-order valence-electron chi connectivity index (χ3n) is 8.74. The molecule has 174 valence electrons. The molecular formula is C29H34O4. The predicted molar refractivity (Wildman–Crippen MR) is 127 cm³/mol. The number of ketones is 1. The van der Waals surface area contributed by atoms with E-state index in [4.69, 9.17) is 9.47 Å². The van der Waals surface area contributed by atoms with Crippen LogP contribution in [0.3, 0.4) is 0 Å². The van der Waals surface area contributed by atoms with E-state index >= 15 is 0 Å². The summed E-state index contributed by atoms with van der Waals surface area (Å²) in [6, 6.07) is 16.9. The fourth-order valence-corrected chi connectivity index (χ4v) is 7.12. The van der Waals surface area contributed by atoms with Gasteiger partial charge in [0.1, 0.15) is 18.1 Å². The zero-order chi connectivity index (χ0) is 23.0. The van der Waals surface area contributed by atoms with E-state index in [1.54, 1.807) is 0 Å². The van der Waals surface area contributed by atoms with Crippen LogP contribution in [0.2, 0.25) is 0 Å². The first kappa shape index (κ1) is 22.2. The lowest BCUT2D eigenvalue weighted by Gasteiger charge is -2.50. The lowest BCUT2D eigenvalue weighted by atomic mass is 9.54. The molecule has 0 radical (unpaired) electrons. The van der Waals surface area contributed by atoms with E-state index in [0.717, 1.165) is 37.9 Å². The zero-order valence-electron chi connectivity index (χ0n) is 19.7. The number of fused-ring (bicyclic) bond motifs is 5. The van der Waals surface area contributed by atoms with Crippen LogP contribution < -0.4 is 4.74 Å². The fourth-order valence-electron chi connectivity index (χ4n) is 7.12. The van der Waals surface area contributed by atoms with Crippen molar-refractivity contribution in [3.8, 4) is 5.75 Å². The number of benzene rings is 2. The van der Waals surface area contributed by atoms with Crippen LogP contribution in [-0.2, 0) is 27.4 Å². The molecule has 3 aliphatic carbocycles. The minimum absolute atomic E-state index is 0.166. The molecule has 2 aromatic carbocycles. The molecule has 5 atom stereocenters. The Labute approximate surface area is 196 Å². The average Bonchev–Trinajstić information content (AvgIpc) is 3.11. The first-order valence-corrected chi connectivity index (χ1v) is 12.4. The van der Waals surface area contributed by atoms with E-state index in [9.17, 15) is 9.59 Å². The van der Waals surface area contributed by atoms with Gasteiger partial charge in [0.2, 0.25) is 0 Å². The SMILES string of the molecule is COC(=O)CC[C@@H]1CC(=O)[C@@]2(C)CCC3c4ccc(OCc5ccccc5)cc4CCC3C12. The number of ether oxygens (including phenoxy) is 2. The fraction of sp³-hybridized carbons (Fsp3) is 0.517. The number of Topliss-reactive ketones (excluding diaryl/α,β-unsaturated/α-hetero) is 1. The monoisotopic (exact) mass is 446 g/mol. The number of hydrogen-bond donors (Lipinski definition) is 0. The van der Waals surface area contributed by atoms with Crippen LogP contribution in [-0.4, -0.2) is 18.9 Å². The van der Waals surface area contributed by atoms with Gasteiger partial charge in [-0.15, -0.1) is 0 Å². The van der Waals surface area contributed by atoms with Gasteiger partial charge >= 0.3 is 5.97 Å². The standard InChI is InChI=1S/C29H34O4/c1-29-15-14-24-23-12-10-22(33-18-19-6-4-3-5-7-19)16-20(23)8-11-25(24)28(29)21(17-26(29)30)9-13-27(31)32-2/h3-7,10,12,16,21,24-25,28H,8-9,11,13-15,17-18H2,1-2H3/t21-,24?,25?,28?,29-/m1/s1. The van der Waals surface area contributed by atoms with Gasteiger partial charge in [0.05, 0.1) is 7.11 Å². The number of aryl methyl sites for hydroxylation is 1. The zero-order valence-corrected chi connectivity index (χ0v) is 19.7. The summed E-state index contributed by atoms with van der Waals surface area (Å²) in [5.74, 6) is 2.86. The van der Waals surface area contributed by atoms with Crippen molar-refractivity contribution in [2.75, 3.05) is 7.11 Å². The summed E-state index contributed by atoms with van der Waals surface area (Å²) in [5, 5.41) is 0. The average molecular weight is 447 g/mol. The molecule has 0 spiro atoms. The summed E-state index contributed by atoms with van der Waals surface area (Å²) in [6.45, 7) is 2.78. The molecular weight excluding hydrogens is 412 g/mol. The van der Waals surface area contributed by atoms with Gasteiger partial charge in [-0.05, 0) is 84.6 Å². The molecule has 2 aromatic rings. The second-order valence-electron chi connectivity index (χ2n) is 10.4. The van der Waals surface area contributed by atoms with Gasteiger partial charge < -0.3 is 9.47 Å². The van der Waals surface area contributed by atoms with Crippen molar-refractivity contribution in [2.24, 2.45) is 23.2 Å². The van der Waals surface area contributed by atoms with E-state index in [1.807, 2.05) is 18.2 Å². The number of hydrogen-bond acceptors (Lipinski definition) is 4. The molecule has 0 heterocycles. The van der Waals surface area contributed by atoms with E-state index < -0.39 is 0 Å². The maximum absolute atomic E-state index is 13.1. The molecule has 0 amide bonds. The van der Waals surface area contributed by atoms with Gasteiger partial charge in [0.25, 0.3) is 0 Å². The van der Waals surface area contributed by atoms with Crippen molar-refractivity contribution in [3.05, 3.63) is 65.2 Å². The largest absolute Gasteiger partial charge is 0.489 e. The van der Waals surface area contributed by atoms with Crippen LogP contribution in [0.5, 0.6) is 5.75 Å². The maximum atomic E-state index is 13.1. The first-order valence-electron chi connectivity index (χ1n) is 12.4. The Balaban J connectivity index is 1.34. The molecule has 3 aliphatic rings. The highest BCUT2D eigenvalue weighted by molar-refractivity contribution is 5.87. The molecule has 2 saturated carbocycles. The van der Waals surface area contributed by atoms with Gasteiger partial charge in [0, 0.05) is 18.3 Å². The van der Waals surface area contributed by atoms with Crippen LogP contribution in [0.4, 0.5) is 0 Å². The predicted octanol–water partition coefficient (Wildman–Crippen LogP) is 5.87. The topological polar surface area (TPSA) is 52.6 Å². The summed E-state index contributed by atoms with van der Waals surface area (Å²) in [6.07, 6.45) is 5.98. The maximum Gasteiger partial charge on any atom is 0.305 e. The van der Waals surface area contributed by atoms with Crippen molar-refractivity contribution in [3.63, 3.8) is 0 Å². The van der Waals surface area contributed by atoms with Crippen LogP contribution in [0.25, 0.3) is 0 Å². The molecule has 0 saturated heterocycles. The third-order valence-corrected chi connectivity index (χ3v) is 8.74. The highest BCUT2D eigenvalue weighted by Crippen LogP contribution is 2.62. The summed E-state index contributed by atoms with van der Waals surface area (Å²) < 4.78 is 11.0. The normalized spacial score (nSPS) is 30.2. The first-order chi connectivity index (χ1) is 16.0. The van der Waals surface area contributed by atoms with Crippen LogP contribution in [0.15, 0.2) is 48.5 Å². The molecule has 5 rings (SSSR count). The third kappa shape index (κ3) is 4.09. The Morgan fingerprint density at radius 1 is 1.12 bits per heavy atom. The summed E-state index contributed by atoms with van der Waals surface area (Å²) in [7, 11) is 1.44. The Morgan fingerprint density at radius 2 is 1.94 bits per heavy atom. The molecule has 0 bridgehead atoms.